The van der Waals surface area contributed by atoms with Gasteiger partial charge in [-0.05, 0) is 117 Å². The number of carbonyl (C=O) groups is 12. The van der Waals surface area contributed by atoms with Crippen molar-refractivity contribution >= 4 is 82.6 Å². The molecule has 4 fully saturated rings. The van der Waals surface area contributed by atoms with Crippen molar-refractivity contribution in [3.63, 3.8) is 0 Å². The fourth-order valence-corrected chi connectivity index (χ4v) is 16.0. The maximum atomic E-state index is 15.5. The van der Waals surface area contributed by atoms with Gasteiger partial charge >= 0.3 is 12.4 Å². The molecule has 2 aliphatic carbocycles. The van der Waals surface area contributed by atoms with Crippen molar-refractivity contribution in [1.29, 1.82) is 0 Å². The van der Waals surface area contributed by atoms with Crippen molar-refractivity contribution in [2.45, 2.75) is 197 Å². The van der Waals surface area contributed by atoms with Crippen LogP contribution in [0.4, 0.5) is 35.1 Å². The number of amides is 12. The Morgan fingerprint density at radius 2 is 1.26 bits per heavy atom. The Kier molecular flexibility index (Phi) is 29.4. The van der Waals surface area contributed by atoms with E-state index < -0.39 is 204 Å². The Morgan fingerprint density at radius 3 is 1.84 bits per heavy atom. The number of rotatable bonds is 11. The third-order valence-electron chi connectivity index (χ3n) is 21.5. The highest BCUT2D eigenvalue weighted by molar-refractivity contribution is 8.00. The minimum Gasteiger partial charge on any atom is -0.347 e. The van der Waals surface area contributed by atoms with Crippen LogP contribution in [0.3, 0.4) is 0 Å². The van der Waals surface area contributed by atoms with E-state index in [0.717, 1.165) is 67.6 Å². The first-order valence-electron chi connectivity index (χ1n) is 36.4. The molecule has 592 valence electrons. The molecule has 12 amide bonds. The van der Waals surface area contributed by atoms with Gasteiger partial charge in [0.25, 0.3) is 0 Å². The van der Waals surface area contributed by atoms with E-state index in [9.17, 15) is 55.1 Å². The van der Waals surface area contributed by atoms with Crippen LogP contribution in [0.1, 0.15) is 140 Å². The largest absolute Gasteiger partial charge is 0.422 e. The van der Waals surface area contributed by atoms with Crippen LogP contribution in [-0.4, -0.2) is 263 Å². The normalized spacial score (nSPS) is 25.4. The van der Waals surface area contributed by atoms with Crippen LogP contribution in [0.2, 0.25) is 0 Å². The Bertz CT molecular complexity index is 3600. The van der Waals surface area contributed by atoms with E-state index in [4.69, 9.17) is 0 Å². The van der Waals surface area contributed by atoms with Crippen molar-refractivity contribution in [2.24, 2.45) is 17.8 Å². The molecule has 107 heavy (non-hydrogen) atoms. The fraction of sp³-hybridized carbons (Fsp3) is 0.649. The van der Waals surface area contributed by atoms with E-state index in [1.54, 1.807) is 19.9 Å². The molecule has 24 nitrogen and oxygen atoms in total. The summed E-state index contributed by atoms with van der Waals surface area (Å²) in [5.41, 5.74) is -5.14. The van der Waals surface area contributed by atoms with Crippen LogP contribution in [-0.2, 0) is 82.7 Å². The zero-order valence-corrected chi connectivity index (χ0v) is 63.7. The first-order chi connectivity index (χ1) is 50.1. The van der Waals surface area contributed by atoms with Gasteiger partial charge in [0.1, 0.15) is 71.1 Å². The summed E-state index contributed by atoms with van der Waals surface area (Å²) in [6.45, 7) is 5.11. The zero-order chi connectivity index (χ0) is 79.5. The minimum atomic E-state index is -5.44. The molecule has 7 rings (SSSR count). The van der Waals surface area contributed by atoms with Gasteiger partial charge in [0.15, 0.2) is 0 Å². The highest BCUT2D eigenvalue weighted by atomic mass is 32.2. The summed E-state index contributed by atoms with van der Waals surface area (Å²) in [5, 5.41) is 8.35. The van der Waals surface area contributed by atoms with Crippen LogP contribution in [0, 0.1) is 29.4 Å². The Labute approximate surface area is 623 Å². The van der Waals surface area contributed by atoms with Crippen LogP contribution < -0.4 is 16.0 Å². The topological polar surface area (TPSA) is 270 Å². The van der Waals surface area contributed by atoms with Crippen LogP contribution in [0.5, 0.6) is 0 Å². The molecule has 3 N–H and O–H groups in total. The summed E-state index contributed by atoms with van der Waals surface area (Å²) < 4.78 is 113. The maximum absolute atomic E-state index is 15.5. The molecule has 2 saturated heterocycles. The lowest BCUT2D eigenvalue weighted by Crippen LogP contribution is -2.65. The van der Waals surface area contributed by atoms with Gasteiger partial charge in [0, 0.05) is 81.6 Å². The van der Waals surface area contributed by atoms with Gasteiger partial charge in [0.05, 0.1) is 24.4 Å². The van der Waals surface area contributed by atoms with E-state index in [-0.39, 0.29) is 80.2 Å². The number of thioether (sulfide) groups is 1. The summed E-state index contributed by atoms with van der Waals surface area (Å²) in [5.74, 6) is -14.6. The van der Waals surface area contributed by atoms with Crippen molar-refractivity contribution in [3.8, 4) is 0 Å². The van der Waals surface area contributed by atoms with Gasteiger partial charge in [-0.1, -0.05) is 84.1 Å². The maximum Gasteiger partial charge on any atom is 0.422 e. The van der Waals surface area contributed by atoms with Crippen molar-refractivity contribution in [2.75, 3.05) is 94.1 Å². The monoisotopic (exact) mass is 1530 g/mol. The first kappa shape index (κ1) is 85.9. The van der Waals surface area contributed by atoms with Crippen LogP contribution >= 0.6 is 11.8 Å². The second kappa shape index (κ2) is 36.7. The molecule has 5 aliphatic rings. The molecule has 0 radical (unpaired) electrons. The number of nitrogens with one attached hydrogen (secondary N) is 3. The molecule has 1 spiro atoms. The quantitative estimate of drug-likeness (QED) is 0.171. The number of likely N-dealkylation sites (N-methyl/N-ethyl adjacent to an activating group) is 7. The highest BCUT2D eigenvalue weighted by Gasteiger charge is 2.52. The van der Waals surface area contributed by atoms with Gasteiger partial charge in [-0.15, -0.1) is 11.8 Å². The van der Waals surface area contributed by atoms with Crippen molar-refractivity contribution < 1.29 is 92.7 Å². The Hall–Kier alpha value is -8.39. The number of hydrogen-bond donors (Lipinski definition) is 3. The molecule has 0 aromatic heterocycles. The number of hydrogen-bond acceptors (Lipinski definition) is 13. The number of halogens is 8. The lowest BCUT2D eigenvalue weighted by atomic mass is 9.90. The van der Waals surface area contributed by atoms with E-state index in [2.05, 4.69) is 16.0 Å². The van der Waals surface area contributed by atoms with Crippen LogP contribution in [0.25, 0.3) is 0 Å². The number of fused-ring (bicyclic) bond motifs is 3. The third kappa shape index (κ3) is 20.9. The summed E-state index contributed by atoms with van der Waals surface area (Å²) in [6, 6.07) is -6.42. The summed E-state index contributed by atoms with van der Waals surface area (Å²) in [6.07, 6.45) is -4.75. The van der Waals surface area contributed by atoms with Gasteiger partial charge in [-0.3, -0.25) is 57.5 Å². The standard InChI is InChI=1S/C74H102F8N12O12S/c1-13-44(4)61-69(104)88(8)40-58(96)89(9)53-23-16-19-33-94(68(53)103)55(38-45-25-28-48(29-26-45)73(77,78)79)67(102)87(7)39-57(95)83-51(30-27-46-36-49(75)60(50(76)37-46)74(80,81)82)65(100)93-34-20-24-52(93)64(99)85-72(31-17-18-32-72)71(106)92(12)62(47-21-14-15-22-47)70(105)91(11)56(66(101)86(5)6)41-107-42-59(97)90(10)54(35-43(2)3)63(98)84-61/h16,19,25-26,28-29,36-37,43-44,47,51-56,61-62H,13-15,17-18,20-24,27,30-35,38-42H2,1-12H3,(H,83,95)(H,84,98)(H,85,99)/t44-,51-,52-,53-,54-,55-,56+,61-,62-/m0/s1. The van der Waals surface area contributed by atoms with E-state index in [1.165, 1.54) is 75.0 Å². The predicted molar refractivity (Wildman–Crippen MR) is 380 cm³/mol. The molecule has 2 aromatic rings. The second-order valence-corrected chi connectivity index (χ2v) is 30.8. The molecular formula is C74H102F8N12O12S. The van der Waals surface area contributed by atoms with Gasteiger partial charge in [-0.25, -0.2) is 8.78 Å². The van der Waals surface area contributed by atoms with Crippen LogP contribution in [0.15, 0.2) is 48.6 Å². The highest BCUT2D eigenvalue weighted by Crippen LogP contribution is 2.39. The summed E-state index contributed by atoms with van der Waals surface area (Å²) in [4.78, 5) is 189. The van der Waals surface area contributed by atoms with Gasteiger partial charge < -0.3 is 60.0 Å². The molecule has 3 aliphatic heterocycles. The average molecular weight is 1540 g/mol. The molecule has 0 unspecified atom stereocenters. The molecular weight excluding hydrogens is 1430 g/mol. The van der Waals surface area contributed by atoms with Crippen molar-refractivity contribution in [3.05, 3.63) is 82.4 Å². The Morgan fingerprint density at radius 1 is 0.645 bits per heavy atom. The van der Waals surface area contributed by atoms with Crippen molar-refractivity contribution in [1.82, 2.24) is 60.0 Å². The molecule has 2 saturated carbocycles. The van der Waals surface area contributed by atoms with Gasteiger partial charge in [-0.2, -0.15) is 26.3 Å². The smallest absolute Gasteiger partial charge is 0.347 e. The van der Waals surface area contributed by atoms with E-state index in [1.807, 2.05) is 13.8 Å². The predicted octanol–water partition coefficient (Wildman–Crippen LogP) is 6.07. The minimum absolute atomic E-state index is 0.000982. The molecule has 2 aromatic carbocycles. The fourth-order valence-electron chi connectivity index (χ4n) is 15.0. The van der Waals surface area contributed by atoms with E-state index >= 15 is 37.5 Å². The first-order valence-corrected chi connectivity index (χ1v) is 37.5. The molecule has 3 heterocycles. The molecule has 9 atom stereocenters. The zero-order valence-electron chi connectivity index (χ0n) is 62.9. The number of alkyl halides is 6. The molecule has 33 heteroatoms. The lowest BCUT2D eigenvalue weighted by molar-refractivity contribution is -0.154. The average Bonchev–Trinajstić information content (AvgIpc) is 1.71. The number of benzene rings is 2. The third-order valence-corrected chi connectivity index (χ3v) is 22.5. The second-order valence-electron chi connectivity index (χ2n) is 29.7. The van der Waals surface area contributed by atoms with Gasteiger partial charge in [0.2, 0.25) is 70.9 Å². The number of aryl methyl sites for hydroxylation is 1. The summed E-state index contributed by atoms with van der Waals surface area (Å²) >= 11 is 1.03. The van der Waals surface area contributed by atoms with E-state index in [0.29, 0.717) is 57.1 Å². The number of nitrogens with zero attached hydrogens (tertiary/aromatic N) is 9. The molecule has 2 bridgehead atoms. The summed E-state index contributed by atoms with van der Waals surface area (Å²) in [7, 11) is 11.1. The number of carbonyl (C=O) groups excluding carboxylic acids is 12. The SMILES string of the molecule is CC[C@H](C)[C@@H]1NC(=O)[C@H](CC(C)C)N(C)C(=O)CSC[C@H](C(=O)N(C)C)N(C)C(=O)[C@H](C2CCCC2)N(C)C(=O)C2(CCCC2)NC(=O)[C@@H]2CCCN2C(=O)[C@H](CCc2cc(F)c(C(F)(F)F)c(F)c2)NC(=O)CN(C)C(=O)[C@H](Cc2ccc(C(F)(F)F)cc2)N2CC=CC[C@@H](C2=O)N(C)C(=O)CN(C)C1=O. The lowest BCUT2D eigenvalue weighted by Gasteiger charge is -2.41. The Balaban J connectivity index is 1.30.